The second-order valence-corrected chi connectivity index (χ2v) is 4.88. The average molecular weight is 281 g/mol. The maximum Gasteiger partial charge on any atom is 0.271 e. The fourth-order valence-corrected chi connectivity index (χ4v) is 1.73. The van der Waals surface area contributed by atoms with E-state index in [4.69, 9.17) is 5.11 Å². The first-order valence-corrected chi connectivity index (χ1v) is 7.09. The second kappa shape index (κ2) is 8.47. The Labute approximate surface area is 118 Å². The Morgan fingerprint density at radius 2 is 2.20 bits per heavy atom. The van der Waals surface area contributed by atoms with Crippen LogP contribution in [-0.2, 0) is 6.54 Å². The lowest BCUT2D eigenvalue weighted by atomic mass is 10.2. The van der Waals surface area contributed by atoms with E-state index in [1.807, 2.05) is 6.92 Å². The highest BCUT2D eigenvalue weighted by atomic mass is 16.3. The number of aliphatic hydroxyl groups is 1. The number of carbonyl (C=O) groups excluding carboxylic acids is 1. The van der Waals surface area contributed by atoms with Gasteiger partial charge in [-0.15, -0.1) is 0 Å². The summed E-state index contributed by atoms with van der Waals surface area (Å²) in [6.07, 6.45) is 2.81. The van der Waals surface area contributed by atoms with E-state index in [1.54, 1.807) is 6.92 Å². The van der Waals surface area contributed by atoms with Gasteiger partial charge in [0.1, 0.15) is 5.69 Å². The third kappa shape index (κ3) is 5.52. The van der Waals surface area contributed by atoms with Crippen molar-refractivity contribution in [2.45, 2.75) is 52.2 Å². The Morgan fingerprint density at radius 3 is 2.85 bits per heavy atom. The van der Waals surface area contributed by atoms with E-state index >= 15 is 0 Å². The number of hydrogen-bond donors (Lipinski definition) is 2. The molecule has 1 heterocycles. The van der Waals surface area contributed by atoms with E-state index in [9.17, 15) is 9.59 Å². The molecule has 0 saturated carbocycles. The monoisotopic (exact) mass is 281 g/mol. The third-order valence-corrected chi connectivity index (χ3v) is 2.91. The highest BCUT2D eigenvalue weighted by Gasteiger charge is 2.09. The molecule has 1 rings (SSSR count). The molecule has 0 aromatic carbocycles. The van der Waals surface area contributed by atoms with Gasteiger partial charge in [-0.3, -0.25) is 9.59 Å². The first-order valence-electron chi connectivity index (χ1n) is 7.09. The van der Waals surface area contributed by atoms with Crippen molar-refractivity contribution in [3.63, 3.8) is 0 Å². The predicted molar refractivity (Wildman–Crippen MR) is 76.7 cm³/mol. The number of carbonyl (C=O) groups is 1. The normalized spacial score (nSPS) is 12.2. The van der Waals surface area contributed by atoms with Crippen molar-refractivity contribution in [3.05, 3.63) is 28.2 Å². The summed E-state index contributed by atoms with van der Waals surface area (Å²) in [4.78, 5) is 23.5. The van der Waals surface area contributed by atoms with Crippen molar-refractivity contribution in [1.82, 2.24) is 15.1 Å². The van der Waals surface area contributed by atoms with Crippen LogP contribution in [0.15, 0.2) is 16.9 Å². The number of nitrogens with one attached hydrogen (secondary N) is 1. The maximum atomic E-state index is 11.9. The molecule has 112 valence electrons. The molecule has 2 N–H and O–H groups in total. The smallest absolute Gasteiger partial charge is 0.271 e. The van der Waals surface area contributed by atoms with Crippen molar-refractivity contribution >= 4 is 5.91 Å². The van der Waals surface area contributed by atoms with Crippen LogP contribution in [0.1, 0.15) is 50.0 Å². The van der Waals surface area contributed by atoms with Gasteiger partial charge in [0.2, 0.25) is 0 Å². The summed E-state index contributed by atoms with van der Waals surface area (Å²) in [7, 11) is 0. The highest BCUT2D eigenvalue weighted by molar-refractivity contribution is 5.91. The van der Waals surface area contributed by atoms with Crippen molar-refractivity contribution in [3.8, 4) is 0 Å². The molecule has 0 radical (unpaired) electrons. The molecular formula is C14H23N3O3. The average Bonchev–Trinajstić information content (AvgIpc) is 2.42. The van der Waals surface area contributed by atoms with Gasteiger partial charge in [0.15, 0.2) is 0 Å². The predicted octanol–water partition coefficient (Wildman–Crippen LogP) is 0.934. The van der Waals surface area contributed by atoms with E-state index in [1.165, 1.54) is 16.8 Å². The molecule has 0 bridgehead atoms. The lowest BCUT2D eigenvalue weighted by molar-refractivity contribution is 0.0942. The molecule has 0 aliphatic heterocycles. The second-order valence-electron chi connectivity index (χ2n) is 4.88. The number of nitrogens with zero attached hydrogens (tertiary/aromatic N) is 2. The van der Waals surface area contributed by atoms with E-state index in [0.717, 1.165) is 12.8 Å². The number of aromatic nitrogens is 2. The zero-order valence-corrected chi connectivity index (χ0v) is 12.1. The highest BCUT2D eigenvalue weighted by Crippen LogP contribution is 1.96. The molecule has 20 heavy (non-hydrogen) atoms. The molecule has 0 aliphatic rings. The van der Waals surface area contributed by atoms with E-state index in [2.05, 4.69) is 10.4 Å². The molecule has 1 unspecified atom stereocenters. The number of amides is 1. The van der Waals surface area contributed by atoms with Crippen LogP contribution in [0.3, 0.4) is 0 Å². The number of aliphatic hydroxyl groups excluding tert-OH is 1. The molecule has 1 aromatic rings. The van der Waals surface area contributed by atoms with E-state index in [0.29, 0.717) is 25.9 Å². The summed E-state index contributed by atoms with van der Waals surface area (Å²) >= 11 is 0. The molecule has 1 atom stereocenters. The van der Waals surface area contributed by atoms with Crippen molar-refractivity contribution < 1.29 is 9.90 Å². The topological polar surface area (TPSA) is 84.2 Å². The van der Waals surface area contributed by atoms with Crippen LogP contribution in [0.25, 0.3) is 0 Å². The summed E-state index contributed by atoms with van der Waals surface area (Å²) in [5.74, 6) is -0.291. The number of hydrogen-bond acceptors (Lipinski definition) is 4. The van der Waals surface area contributed by atoms with Crippen LogP contribution < -0.4 is 10.9 Å². The van der Waals surface area contributed by atoms with Gasteiger partial charge in [-0.2, -0.15) is 5.10 Å². The van der Waals surface area contributed by atoms with Crippen LogP contribution >= 0.6 is 0 Å². The van der Waals surface area contributed by atoms with Gasteiger partial charge in [0.05, 0.1) is 6.10 Å². The molecule has 6 heteroatoms. The van der Waals surface area contributed by atoms with Gasteiger partial charge in [-0.25, -0.2) is 4.68 Å². The minimum atomic E-state index is -0.360. The minimum Gasteiger partial charge on any atom is -0.393 e. The Balaban J connectivity index is 2.57. The summed E-state index contributed by atoms with van der Waals surface area (Å²) in [6, 6.07) is 2.81. The Kier molecular flexibility index (Phi) is 6.93. The zero-order valence-electron chi connectivity index (χ0n) is 12.1. The Morgan fingerprint density at radius 1 is 1.45 bits per heavy atom. The molecule has 0 aliphatic carbocycles. The molecule has 0 spiro atoms. The van der Waals surface area contributed by atoms with Crippen LogP contribution in [-0.4, -0.2) is 33.4 Å². The molecule has 6 nitrogen and oxygen atoms in total. The quantitative estimate of drug-likeness (QED) is 0.694. The van der Waals surface area contributed by atoms with Gasteiger partial charge in [-0.05, 0) is 32.3 Å². The van der Waals surface area contributed by atoms with Gasteiger partial charge in [-0.1, -0.05) is 13.3 Å². The SMILES string of the molecule is CCCCn1nc(C(=O)NCCCC(C)O)ccc1=O. The van der Waals surface area contributed by atoms with Crippen molar-refractivity contribution in [2.24, 2.45) is 0 Å². The van der Waals surface area contributed by atoms with Crippen LogP contribution in [0.4, 0.5) is 0 Å². The number of unbranched alkanes of at least 4 members (excludes halogenated alkanes) is 1. The fraction of sp³-hybridized carbons (Fsp3) is 0.643. The van der Waals surface area contributed by atoms with Crippen LogP contribution in [0.2, 0.25) is 0 Å². The lowest BCUT2D eigenvalue weighted by Gasteiger charge is -2.08. The van der Waals surface area contributed by atoms with Gasteiger partial charge < -0.3 is 10.4 Å². The first-order chi connectivity index (χ1) is 9.54. The Bertz CT molecular complexity index is 483. The summed E-state index contributed by atoms with van der Waals surface area (Å²) in [5, 5.41) is 15.9. The summed E-state index contributed by atoms with van der Waals surface area (Å²) in [6.45, 7) is 4.76. The molecule has 1 amide bonds. The van der Waals surface area contributed by atoms with Crippen molar-refractivity contribution in [2.75, 3.05) is 6.54 Å². The molecular weight excluding hydrogens is 258 g/mol. The standard InChI is InChI=1S/C14H23N3O3/c1-3-4-10-17-13(19)8-7-12(16-17)14(20)15-9-5-6-11(2)18/h7-8,11,18H,3-6,9-10H2,1-2H3,(H,15,20). The van der Waals surface area contributed by atoms with E-state index < -0.39 is 0 Å². The van der Waals surface area contributed by atoms with Crippen LogP contribution in [0, 0.1) is 0 Å². The van der Waals surface area contributed by atoms with Gasteiger partial charge in [0.25, 0.3) is 11.5 Å². The summed E-state index contributed by atoms with van der Waals surface area (Å²) < 4.78 is 1.33. The third-order valence-electron chi connectivity index (χ3n) is 2.91. The largest absolute Gasteiger partial charge is 0.393 e. The molecule has 1 aromatic heterocycles. The maximum absolute atomic E-state index is 11.9. The number of rotatable bonds is 8. The number of aryl methyl sites for hydroxylation is 1. The summed E-state index contributed by atoms with van der Waals surface area (Å²) in [5.41, 5.74) is 0.0573. The minimum absolute atomic E-state index is 0.191. The van der Waals surface area contributed by atoms with Crippen molar-refractivity contribution in [1.29, 1.82) is 0 Å². The zero-order chi connectivity index (χ0) is 15.0. The molecule has 0 fully saturated rings. The molecule has 0 saturated heterocycles. The lowest BCUT2D eigenvalue weighted by Crippen LogP contribution is -2.30. The van der Waals surface area contributed by atoms with Gasteiger partial charge in [0, 0.05) is 19.2 Å². The Hall–Kier alpha value is -1.69. The van der Waals surface area contributed by atoms with Crippen LogP contribution in [0.5, 0.6) is 0 Å². The first kappa shape index (κ1) is 16.4. The fourth-order valence-electron chi connectivity index (χ4n) is 1.73. The van der Waals surface area contributed by atoms with Gasteiger partial charge >= 0.3 is 0 Å². The van der Waals surface area contributed by atoms with E-state index in [-0.39, 0.29) is 23.3 Å².